The van der Waals surface area contributed by atoms with Crippen molar-refractivity contribution in [1.82, 2.24) is 0 Å². The van der Waals surface area contributed by atoms with Gasteiger partial charge in [-0.15, -0.1) is 0 Å². The van der Waals surface area contributed by atoms with Gasteiger partial charge < -0.3 is 17.1 Å². The number of ether oxygens (including phenoxy) is 1. The predicted molar refractivity (Wildman–Crippen MR) is 105 cm³/mol. The molecule has 5 nitrogen and oxygen atoms in total. The number of esters is 1. The Bertz CT molecular complexity index is 366. The highest BCUT2D eigenvalue weighted by Crippen LogP contribution is 2.28. The third-order valence-corrected chi connectivity index (χ3v) is 14.1. The molecule has 0 saturated carbocycles. The van der Waals surface area contributed by atoms with E-state index < -0.39 is 39.7 Å². The maximum Gasteiger partial charge on any atom is 0.473 e. The molecular weight excluding hydrogens is 360 g/mol. The molecule has 0 aromatic rings. The van der Waals surface area contributed by atoms with Crippen LogP contribution in [0.15, 0.2) is 12.7 Å². The summed E-state index contributed by atoms with van der Waals surface area (Å²) in [4.78, 5) is 11.3. The van der Waals surface area contributed by atoms with E-state index >= 15 is 0 Å². The molecule has 0 heterocycles. The van der Waals surface area contributed by atoms with Crippen LogP contribution >= 0.6 is 0 Å². The minimum atomic E-state index is -2.91. The summed E-state index contributed by atoms with van der Waals surface area (Å²) < 4.78 is 24.6. The Morgan fingerprint density at radius 3 is 1.43 bits per heavy atom. The smallest absolute Gasteiger partial charge is 0.463 e. The molecule has 0 aliphatic rings. The summed E-state index contributed by atoms with van der Waals surface area (Å²) in [6.07, 6.45) is 1.17. The van der Waals surface area contributed by atoms with Crippen molar-refractivity contribution >= 4 is 39.7 Å². The third-order valence-electron chi connectivity index (χ3n) is 2.20. The molecule has 0 N–H and O–H groups in total. The lowest BCUT2D eigenvalue weighted by Gasteiger charge is -2.42. The summed E-state index contributed by atoms with van der Waals surface area (Å²) in [5.41, 5.74) is 0. The van der Waals surface area contributed by atoms with Crippen molar-refractivity contribution in [3.8, 4) is 0 Å². The number of rotatable bonds is 10. The van der Waals surface area contributed by atoms with Gasteiger partial charge in [0.1, 0.15) is 0 Å². The third kappa shape index (κ3) is 12.0. The Hall–Kier alpha value is -0.0425. The lowest BCUT2D eigenvalue weighted by molar-refractivity contribution is -0.137. The molecule has 0 amide bonds. The van der Waals surface area contributed by atoms with Gasteiger partial charge in [-0.3, -0.25) is 0 Å². The molecular formula is C14H34O5Si4. The van der Waals surface area contributed by atoms with Crippen LogP contribution in [0.5, 0.6) is 0 Å². The first kappa shape index (κ1) is 23.0. The highest BCUT2D eigenvalue weighted by molar-refractivity contribution is 6.90. The topological polar surface area (TPSA) is 54.0 Å². The zero-order valence-electron chi connectivity index (χ0n) is 16.2. The van der Waals surface area contributed by atoms with Gasteiger partial charge in [0.15, 0.2) is 25.0 Å². The Balaban J connectivity index is 5.44. The van der Waals surface area contributed by atoms with Crippen LogP contribution in [0.4, 0.5) is 0 Å². The molecule has 0 atom stereocenters. The Labute approximate surface area is 146 Å². The fourth-order valence-electron chi connectivity index (χ4n) is 1.95. The maximum absolute atomic E-state index is 11.3. The Morgan fingerprint density at radius 2 is 1.17 bits per heavy atom. The molecule has 23 heavy (non-hydrogen) atoms. The van der Waals surface area contributed by atoms with Crippen LogP contribution in [0.25, 0.3) is 0 Å². The van der Waals surface area contributed by atoms with E-state index in [2.05, 4.69) is 65.5 Å². The summed E-state index contributed by atoms with van der Waals surface area (Å²) in [6, 6.07) is 0.491. The molecule has 0 aromatic carbocycles. The van der Waals surface area contributed by atoms with Crippen molar-refractivity contribution < 1.29 is 21.9 Å². The first-order valence-electron chi connectivity index (χ1n) is 7.97. The first-order chi connectivity index (χ1) is 10.1. The summed E-state index contributed by atoms with van der Waals surface area (Å²) in [5.74, 6) is -0.429. The second kappa shape index (κ2) is 8.36. The highest BCUT2D eigenvalue weighted by Gasteiger charge is 2.49. The molecule has 0 aromatic heterocycles. The average molecular weight is 395 g/mol. The van der Waals surface area contributed by atoms with Crippen LogP contribution in [-0.4, -0.2) is 46.3 Å². The quantitative estimate of drug-likeness (QED) is 0.315. The molecule has 0 radical (unpaired) electrons. The normalized spacial score (nSPS) is 13.8. The first-order valence-corrected chi connectivity index (χ1v) is 20.1. The summed E-state index contributed by atoms with van der Waals surface area (Å²) in [5, 5.41) is 0. The number of hydrogen-bond acceptors (Lipinski definition) is 5. The minimum Gasteiger partial charge on any atom is -0.463 e. The van der Waals surface area contributed by atoms with E-state index in [1.54, 1.807) is 0 Å². The van der Waals surface area contributed by atoms with Crippen LogP contribution in [0.2, 0.25) is 65.0 Å². The minimum absolute atomic E-state index is 0.233. The summed E-state index contributed by atoms with van der Waals surface area (Å²) in [7, 11) is -8.55. The van der Waals surface area contributed by atoms with Crippen molar-refractivity contribution in [3.63, 3.8) is 0 Å². The van der Waals surface area contributed by atoms with E-state index in [-0.39, 0.29) is 6.61 Å². The lowest BCUT2D eigenvalue weighted by atomic mass is 10.6. The van der Waals surface area contributed by atoms with Crippen molar-refractivity contribution in [2.24, 2.45) is 0 Å². The Morgan fingerprint density at radius 1 is 0.826 bits per heavy atom. The molecule has 0 rings (SSSR count). The van der Waals surface area contributed by atoms with Crippen molar-refractivity contribution in [2.75, 3.05) is 6.61 Å². The van der Waals surface area contributed by atoms with Gasteiger partial charge in [-0.25, -0.2) is 4.79 Å². The van der Waals surface area contributed by atoms with E-state index in [0.29, 0.717) is 6.04 Å². The number of carbonyl (C=O) groups excluding carboxylic acids is 1. The molecule has 0 saturated heterocycles. The van der Waals surface area contributed by atoms with Gasteiger partial charge in [0, 0.05) is 12.1 Å². The molecule has 0 fully saturated rings. The molecule has 9 heteroatoms. The fraction of sp³-hybridized carbons (Fsp3) is 0.786. The van der Waals surface area contributed by atoms with Crippen LogP contribution in [0.3, 0.4) is 0 Å². The van der Waals surface area contributed by atoms with Crippen LogP contribution in [-0.2, 0) is 21.9 Å². The van der Waals surface area contributed by atoms with Crippen molar-refractivity contribution in [3.05, 3.63) is 12.7 Å². The molecule has 0 spiro atoms. The van der Waals surface area contributed by atoms with Gasteiger partial charge in [-0.05, 0) is 58.9 Å². The SMILES string of the molecule is C=CC(=O)OCC[Si](O[Si](C)(C)C)(O[Si](C)(C)C)O[Si](C)(C)C. The zero-order chi connectivity index (χ0) is 18.5. The largest absolute Gasteiger partial charge is 0.473 e. The summed E-state index contributed by atoms with van der Waals surface area (Å²) in [6.45, 7) is 22.8. The predicted octanol–water partition coefficient (Wildman–Crippen LogP) is 4.21. The summed E-state index contributed by atoms with van der Waals surface area (Å²) >= 11 is 0. The fourth-order valence-corrected chi connectivity index (χ4v) is 16.3. The molecule has 136 valence electrons. The van der Waals surface area contributed by atoms with Gasteiger partial charge in [0.25, 0.3) is 0 Å². The van der Waals surface area contributed by atoms with Crippen LogP contribution in [0.1, 0.15) is 0 Å². The van der Waals surface area contributed by atoms with Crippen molar-refractivity contribution in [1.29, 1.82) is 0 Å². The second-order valence-electron chi connectivity index (χ2n) is 8.45. The van der Waals surface area contributed by atoms with Crippen LogP contribution in [0, 0.1) is 0 Å². The number of carbonyl (C=O) groups is 1. The van der Waals surface area contributed by atoms with Gasteiger partial charge >= 0.3 is 14.8 Å². The maximum atomic E-state index is 11.3. The van der Waals surface area contributed by atoms with E-state index in [0.717, 1.165) is 0 Å². The van der Waals surface area contributed by atoms with Crippen molar-refractivity contribution in [2.45, 2.75) is 65.0 Å². The van der Waals surface area contributed by atoms with E-state index in [9.17, 15) is 4.79 Å². The molecule has 0 unspecified atom stereocenters. The second-order valence-corrected chi connectivity index (χ2v) is 25.4. The van der Waals surface area contributed by atoms with E-state index in [4.69, 9.17) is 17.1 Å². The molecule has 0 aliphatic heterocycles. The van der Waals surface area contributed by atoms with E-state index in [1.807, 2.05) is 0 Å². The number of hydrogen-bond donors (Lipinski definition) is 0. The standard InChI is InChI=1S/C14H34O5Si4/c1-11-14(15)16-12-13-23(17-20(2,3)4,18-21(5,6)7)19-22(8,9)10/h11H,1,12-13H2,2-10H3. The lowest BCUT2D eigenvalue weighted by Crippen LogP contribution is -2.60. The molecule has 0 aliphatic carbocycles. The average Bonchev–Trinajstić information content (AvgIpc) is 2.20. The Kier molecular flexibility index (Phi) is 8.35. The van der Waals surface area contributed by atoms with Gasteiger partial charge in [0.2, 0.25) is 0 Å². The van der Waals surface area contributed by atoms with Gasteiger partial charge in [-0.1, -0.05) is 6.58 Å². The zero-order valence-corrected chi connectivity index (χ0v) is 20.2. The monoisotopic (exact) mass is 394 g/mol. The van der Waals surface area contributed by atoms with Gasteiger partial charge in [0.05, 0.1) is 6.61 Å². The van der Waals surface area contributed by atoms with Crippen LogP contribution < -0.4 is 0 Å². The van der Waals surface area contributed by atoms with Gasteiger partial charge in [-0.2, -0.15) is 0 Å². The molecule has 0 bridgehead atoms. The highest BCUT2D eigenvalue weighted by atomic mass is 28.5. The van der Waals surface area contributed by atoms with E-state index in [1.165, 1.54) is 6.08 Å².